The van der Waals surface area contributed by atoms with Crippen LogP contribution in [0.1, 0.15) is 22.9 Å². The number of carbonyl (C=O) groups excluding carboxylic acids is 1. The van der Waals surface area contributed by atoms with E-state index in [1.807, 2.05) is 4.90 Å². The Morgan fingerprint density at radius 3 is 2.86 bits per heavy atom. The summed E-state index contributed by atoms with van der Waals surface area (Å²) in [5.74, 6) is 0.606. The fraction of sp³-hybridized carbons (Fsp3) is 0.294. The second-order valence-corrected chi connectivity index (χ2v) is 6.28. The van der Waals surface area contributed by atoms with Gasteiger partial charge in [-0.3, -0.25) is 4.79 Å². The third-order valence-electron chi connectivity index (χ3n) is 3.76. The van der Waals surface area contributed by atoms with Crippen LogP contribution in [-0.2, 0) is 17.8 Å². The fourth-order valence-electron chi connectivity index (χ4n) is 2.56. The summed E-state index contributed by atoms with van der Waals surface area (Å²) in [5, 5.41) is 10.9. The highest BCUT2D eigenvalue weighted by molar-refractivity contribution is 7.10. The van der Waals surface area contributed by atoms with Gasteiger partial charge in [-0.05, 0) is 54.6 Å². The molecule has 0 radical (unpaired) electrons. The third-order valence-corrected chi connectivity index (χ3v) is 4.79. The number of rotatable bonds is 3. The van der Waals surface area contributed by atoms with E-state index in [1.54, 1.807) is 42.5 Å². The number of nitrogens with zero attached hydrogens (tertiary/aromatic N) is 2. The Bertz CT molecular complexity index is 715. The first-order valence-electron chi connectivity index (χ1n) is 7.18. The van der Waals surface area contributed by atoms with Crippen molar-refractivity contribution in [2.45, 2.75) is 26.0 Å². The van der Waals surface area contributed by atoms with Crippen molar-refractivity contribution in [1.29, 1.82) is 5.26 Å². The molecule has 0 bridgehead atoms. The van der Waals surface area contributed by atoms with E-state index in [-0.39, 0.29) is 5.91 Å². The summed E-state index contributed by atoms with van der Waals surface area (Å²) in [6.07, 6.45) is 0.385. The summed E-state index contributed by atoms with van der Waals surface area (Å²) in [4.78, 5) is 15.7. The summed E-state index contributed by atoms with van der Waals surface area (Å²) < 4.78 is 5.70. The number of nitriles is 1. The van der Waals surface area contributed by atoms with Crippen LogP contribution in [0.25, 0.3) is 0 Å². The minimum absolute atomic E-state index is 0.00112. The topological polar surface area (TPSA) is 53.3 Å². The normalized spacial score (nSPS) is 14.8. The van der Waals surface area contributed by atoms with E-state index >= 15 is 0 Å². The summed E-state index contributed by atoms with van der Waals surface area (Å²) in [6.45, 7) is 3.18. The molecule has 0 fully saturated rings. The lowest BCUT2D eigenvalue weighted by Gasteiger charge is -2.29. The molecule has 1 aliphatic rings. The lowest BCUT2D eigenvalue weighted by Crippen LogP contribution is -2.42. The zero-order valence-corrected chi connectivity index (χ0v) is 13.1. The van der Waals surface area contributed by atoms with E-state index in [0.717, 1.165) is 13.0 Å². The Morgan fingerprint density at radius 1 is 1.36 bits per heavy atom. The first kappa shape index (κ1) is 14.6. The van der Waals surface area contributed by atoms with Crippen LogP contribution in [0.15, 0.2) is 35.7 Å². The van der Waals surface area contributed by atoms with E-state index in [1.165, 1.54) is 10.4 Å². The van der Waals surface area contributed by atoms with E-state index < -0.39 is 6.10 Å². The lowest BCUT2D eigenvalue weighted by atomic mass is 10.1. The highest BCUT2D eigenvalue weighted by Crippen LogP contribution is 2.25. The monoisotopic (exact) mass is 312 g/mol. The summed E-state index contributed by atoms with van der Waals surface area (Å²) >= 11 is 1.76. The fourth-order valence-corrected chi connectivity index (χ4v) is 3.45. The highest BCUT2D eigenvalue weighted by Gasteiger charge is 2.26. The Balaban J connectivity index is 1.63. The van der Waals surface area contributed by atoms with E-state index in [4.69, 9.17) is 10.00 Å². The zero-order valence-electron chi connectivity index (χ0n) is 12.3. The molecule has 5 heteroatoms. The van der Waals surface area contributed by atoms with Crippen molar-refractivity contribution < 1.29 is 9.53 Å². The molecule has 22 heavy (non-hydrogen) atoms. The van der Waals surface area contributed by atoms with Crippen LogP contribution in [0, 0.1) is 11.3 Å². The van der Waals surface area contributed by atoms with Gasteiger partial charge in [0.15, 0.2) is 6.10 Å². The standard InChI is InChI=1S/C17H16N2O2S/c1-12(21-15-4-2-13(10-18)3-5-15)17(20)19-8-6-16-14(11-19)7-9-22-16/h2-5,7,9,12H,6,8,11H2,1H3/t12-/m1/s1. The first-order valence-corrected chi connectivity index (χ1v) is 8.06. The van der Waals surface area contributed by atoms with Gasteiger partial charge in [0, 0.05) is 18.0 Å². The maximum absolute atomic E-state index is 12.5. The Labute approximate surface area is 133 Å². The largest absolute Gasteiger partial charge is 0.481 e. The molecule has 2 aromatic rings. The van der Waals surface area contributed by atoms with Gasteiger partial charge >= 0.3 is 0 Å². The molecule has 0 aliphatic carbocycles. The molecule has 1 aromatic carbocycles. The van der Waals surface area contributed by atoms with Crippen molar-refractivity contribution in [3.05, 3.63) is 51.7 Å². The van der Waals surface area contributed by atoms with Gasteiger partial charge in [0.1, 0.15) is 5.75 Å². The van der Waals surface area contributed by atoms with Crippen LogP contribution < -0.4 is 4.74 Å². The molecule has 1 aliphatic heterocycles. The number of hydrogen-bond acceptors (Lipinski definition) is 4. The molecule has 2 heterocycles. The minimum Gasteiger partial charge on any atom is -0.481 e. The van der Waals surface area contributed by atoms with Crippen molar-refractivity contribution >= 4 is 17.2 Å². The molecule has 0 N–H and O–H groups in total. The second kappa shape index (κ2) is 6.20. The Kier molecular flexibility index (Phi) is 4.12. The van der Waals surface area contributed by atoms with Gasteiger partial charge in [-0.2, -0.15) is 5.26 Å². The van der Waals surface area contributed by atoms with Crippen molar-refractivity contribution in [3.63, 3.8) is 0 Å². The van der Waals surface area contributed by atoms with Gasteiger partial charge in [0.05, 0.1) is 11.6 Å². The SMILES string of the molecule is C[C@@H](Oc1ccc(C#N)cc1)C(=O)N1CCc2sccc2C1. The molecule has 1 amide bonds. The number of carbonyl (C=O) groups is 1. The molecule has 1 atom stereocenters. The van der Waals surface area contributed by atoms with E-state index in [9.17, 15) is 4.79 Å². The first-order chi connectivity index (χ1) is 10.7. The molecule has 3 rings (SSSR count). The summed E-state index contributed by atoms with van der Waals surface area (Å²) in [7, 11) is 0. The molecule has 0 saturated carbocycles. The van der Waals surface area contributed by atoms with Gasteiger partial charge in [-0.1, -0.05) is 0 Å². The Hall–Kier alpha value is -2.32. The predicted octanol–water partition coefficient (Wildman–Crippen LogP) is 2.97. The third kappa shape index (κ3) is 2.97. The van der Waals surface area contributed by atoms with Gasteiger partial charge in [0.2, 0.25) is 0 Å². The maximum Gasteiger partial charge on any atom is 0.263 e. The van der Waals surface area contributed by atoms with Crippen molar-refractivity contribution in [2.24, 2.45) is 0 Å². The van der Waals surface area contributed by atoms with Crippen LogP contribution in [-0.4, -0.2) is 23.5 Å². The van der Waals surface area contributed by atoms with E-state index in [0.29, 0.717) is 17.9 Å². The van der Waals surface area contributed by atoms with Crippen LogP contribution in [0.4, 0.5) is 0 Å². The average Bonchev–Trinajstić information content (AvgIpc) is 3.02. The van der Waals surface area contributed by atoms with Crippen molar-refractivity contribution in [2.75, 3.05) is 6.54 Å². The van der Waals surface area contributed by atoms with Crippen LogP contribution >= 0.6 is 11.3 Å². The predicted molar refractivity (Wildman–Crippen MR) is 84.7 cm³/mol. The average molecular weight is 312 g/mol. The Morgan fingerprint density at radius 2 is 2.14 bits per heavy atom. The number of ether oxygens (including phenoxy) is 1. The molecular weight excluding hydrogens is 296 g/mol. The summed E-state index contributed by atoms with van der Waals surface area (Å²) in [5.41, 5.74) is 1.82. The molecule has 0 spiro atoms. The highest BCUT2D eigenvalue weighted by atomic mass is 32.1. The van der Waals surface area contributed by atoms with E-state index in [2.05, 4.69) is 17.5 Å². The minimum atomic E-state index is -0.534. The number of fused-ring (bicyclic) bond motifs is 1. The molecule has 112 valence electrons. The van der Waals surface area contributed by atoms with Crippen LogP contribution in [0.2, 0.25) is 0 Å². The smallest absolute Gasteiger partial charge is 0.263 e. The molecule has 4 nitrogen and oxygen atoms in total. The van der Waals surface area contributed by atoms with Gasteiger partial charge in [-0.15, -0.1) is 11.3 Å². The molecule has 0 unspecified atom stereocenters. The number of benzene rings is 1. The molecular formula is C17H16N2O2S. The van der Waals surface area contributed by atoms with Crippen LogP contribution in [0.3, 0.4) is 0 Å². The second-order valence-electron chi connectivity index (χ2n) is 5.28. The van der Waals surface area contributed by atoms with Crippen molar-refractivity contribution in [1.82, 2.24) is 4.90 Å². The van der Waals surface area contributed by atoms with Crippen LogP contribution in [0.5, 0.6) is 5.75 Å². The number of amides is 1. The van der Waals surface area contributed by atoms with Gasteiger partial charge in [-0.25, -0.2) is 0 Å². The van der Waals surface area contributed by atoms with Gasteiger partial charge in [0.25, 0.3) is 5.91 Å². The maximum atomic E-state index is 12.5. The van der Waals surface area contributed by atoms with Gasteiger partial charge < -0.3 is 9.64 Å². The quantitative estimate of drug-likeness (QED) is 0.875. The molecule has 1 aromatic heterocycles. The molecule has 0 saturated heterocycles. The zero-order chi connectivity index (χ0) is 15.5. The summed E-state index contributed by atoms with van der Waals surface area (Å²) in [6, 6.07) is 11.0. The van der Waals surface area contributed by atoms with Crippen molar-refractivity contribution in [3.8, 4) is 11.8 Å². The lowest BCUT2D eigenvalue weighted by molar-refractivity contribution is -0.138. The number of thiophene rings is 1. The number of hydrogen-bond donors (Lipinski definition) is 0.